The number of nitrogens with one attached hydrogen (secondary N) is 2. The third-order valence-corrected chi connectivity index (χ3v) is 6.59. The fraction of sp³-hybridized carbons (Fsp3) is 0.321. The summed E-state index contributed by atoms with van der Waals surface area (Å²) in [5.41, 5.74) is 13.6. The number of rotatable bonds is 7. The summed E-state index contributed by atoms with van der Waals surface area (Å²) < 4.78 is 5.51. The quantitative estimate of drug-likeness (QED) is 0.426. The summed E-state index contributed by atoms with van der Waals surface area (Å²) in [6, 6.07) is 17.0. The Bertz CT molecular complexity index is 1170. The highest BCUT2D eigenvalue weighted by molar-refractivity contribution is 5.82. The van der Waals surface area contributed by atoms with Crippen molar-refractivity contribution in [1.82, 2.24) is 5.32 Å². The number of para-hydroxylation sites is 1. The molecule has 3 aromatic carbocycles. The fourth-order valence-corrected chi connectivity index (χ4v) is 4.78. The van der Waals surface area contributed by atoms with E-state index in [2.05, 4.69) is 34.9 Å². The molecule has 3 aromatic rings. The molecule has 0 saturated heterocycles. The summed E-state index contributed by atoms with van der Waals surface area (Å²) in [5.74, 6) is 0.931. The van der Waals surface area contributed by atoms with Crippen molar-refractivity contribution >= 4 is 11.6 Å². The van der Waals surface area contributed by atoms with Gasteiger partial charge >= 0.3 is 0 Å². The summed E-state index contributed by atoms with van der Waals surface area (Å²) >= 11 is 0. The van der Waals surface area contributed by atoms with E-state index in [0.29, 0.717) is 6.42 Å². The van der Waals surface area contributed by atoms with Gasteiger partial charge in [0.2, 0.25) is 5.91 Å². The maximum Gasteiger partial charge on any atom is 0.237 e. The first kappa shape index (κ1) is 23.6. The van der Waals surface area contributed by atoms with Crippen LogP contribution in [0.1, 0.15) is 45.8 Å². The number of hydrogen-bond donors (Lipinski definition) is 4. The largest absolute Gasteiger partial charge is 0.508 e. The van der Waals surface area contributed by atoms with E-state index in [0.717, 1.165) is 64.2 Å². The van der Waals surface area contributed by atoms with E-state index < -0.39 is 6.04 Å². The van der Waals surface area contributed by atoms with Gasteiger partial charge in [0, 0.05) is 18.7 Å². The normalized spacial score (nSPS) is 15.7. The molecule has 1 aliphatic heterocycles. The number of carbonyl (C=O) groups is 1. The maximum absolute atomic E-state index is 13.1. The zero-order valence-electron chi connectivity index (χ0n) is 20.0. The number of nitrogens with two attached hydrogens (primary N) is 1. The zero-order chi connectivity index (χ0) is 24.2. The van der Waals surface area contributed by atoms with Gasteiger partial charge < -0.3 is 26.2 Å². The highest BCUT2D eigenvalue weighted by Crippen LogP contribution is 2.32. The van der Waals surface area contributed by atoms with Gasteiger partial charge in [0.25, 0.3) is 0 Å². The van der Waals surface area contributed by atoms with Crippen LogP contribution >= 0.6 is 0 Å². The minimum atomic E-state index is -0.669. The topological polar surface area (TPSA) is 96.6 Å². The van der Waals surface area contributed by atoms with E-state index >= 15 is 0 Å². The lowest BCUT2D eigenvalue weighted by Gasteiger charge is -2.29. The van der Waals surface area contributed by atoms with E-state index in [1.165, 1.54) is 0 Å². The van der Waals surface area contributed by atoms with Crippen molar-refractivity contribution < 1.29 is 14.6 Å². The Balaban J connectivity index is 1.50. The van der Waals surface area contributed by atoms with Crippen molar-refractivity contribution in [2.45, 2.75) is 45.2 Å². The third kappa shape index (κ3) is 5.18. The second-order valence-corrected chi connectivity index (χ2v) is 9.06. The molecule has 2 atom stereocenters. The van der Waals surface area contributed by atoms with Crippen LogP contribution in [0, 0.1) is 13.8 Å². The Hall–Kier alpha value is -3.51. The maximum atomic E-state index is 13.1. The minimum absolute atomic E-state index is 0.102. The molecule has 0 spiro atoms. The first-order valence-electron chi connectivity index (χ1n) is 11.7. The molecule has 0 radical (unpaired) electrons. The van der Waals surface area contributed by atoms with Crippen molar-refractivity contribution in [2.75, 3.05) is 19.0 Å². The Labute approximate surface area is 201 Å². The molecule has 0 aliphatic carbocycles. The second-order valence-electron chi connectivity index (χ2n) is 9.06. The van der Waals surface area contributed by atoms with Crippen molar-refractivity contribution in [3.63, 3.8) is 0 Å². The SMILES string of the molecule is COc1ccccc1Cc1ccc2c(c1)[C@H](NC(=O)[C@@H](N)Cc1c(C)cc(O)cc1C)CCN2. The van der Waals surface area contributed by atoms with Gasteiger partial charge in [-0.1, -0.05) is 30.3 Å². The van der Waals surface area contributed by atoms with Crippen LogP contribution in [-0.4, -0.2) is 30.7 Å². The highest BCUT2D eigenvalue weighted by Gasteiger charge is 2.25. The fourth-order valence-electron chi connectivity index (χ4n) is 4.78. The molecule has 5 N–H and O–H groups in total. The molecule has 178 valence electrons. The molecule has 6 nitrogen and oxygen atoms in total. The number of anilines is 1. The predicted octanol–water partition coefficient (Wildman–Crippen LogP) is 4.15. The van der Waals surface area contributed by atoms with Crippen LogP contribution < -0.4 is 21.1 Å². The molecular formula is C28H33N3O3. The van der Waals surface area contributed by atoms with Gasteiger partial charge in [-0.2, -0.15) is 0 Å². The molecule has 0 saturated carbocycles. The summed E-state index contributed by atoms with van der Waals surface area (Å²) in [4.78, 5) is 13.1. The number of methoxy groups -OCH3 is 1. The van der Waals surface area contributed by atoms with Crippen LogP contribution in [0.4, 0.5) is 5.69 Å². The monoisotopic (exact) mass is 459 g/mol. The summed E-state index contributed by atoms with van der Waals surface area (Å²) in [6.45, 7) is 4.65. The third-order valence-electron chi connectivity index (χ3n) is 6.59. The number of aryl methyl sites for hydroxylation is 2. The van der Waals surface area contributed by atoms with Gasteiger partial charge in [-0.15, -0.1) is 0 Å². The van der Waals surface area contributed by atoms with Crippen molar-refractivity contribution in [1.29, 1.82) is 0 Å². The summed E-state index contributed by atoms with van der Waals surface area (Å²) in [7, 11) is 1.69. The minimum Gasteiger partial charge on any atom is -0.508 e. The van der Waals surface area contributed by atoms with Crippen molar-refractivity contribution in [2.24, 2.45) is 5.73 Å². The van der Waals surface area contributed by atoms with Crippen LogP contribution in [0.3, 0.4) is 0 Å². The molecule has 1 amide bonds. The van der Waals surface area contributed by atoms with E-state index in [4.69, 9.17) is 10.5 Å². The lowest BCUT2D eigenvalue weighted by atomic mass is 9.92. The van der Waals surface area contributed by atoms with E-state index in [-0.39, 0.29) is 17.7 Å². The van der Waals surface area contributed by atoms with E-state index in [1.807, 2.05) is 32.0 Å². The van der Waals surface area contributed by atoms with Crippen molar-refractivity contribution in [3.05, 3.63) is 88.0 Å². The van der Waals surface area contributed by atoms with Crippen LogP contribution in [0.2, 0.25) is 0 Å². The first-order chi connectivity index (χ1) is 16.4. The van der Waals surface area contributed by atoms with E-state index in [9.17, 15) is 9.90 Å². The van der Waals surface area contributed by atoms with Crippen LogP contribution in [0.15, 0.2) is 54.6 Å². The van der Waals surface area contributed by atoms with E-state index in [1.54, 1.807) is 19.2 Å². The van der Waals surface area contributed by atoms with Gasteiger partial charge in [-0.05, 0) is 84.3 Å². The molecule has 1 aliphatic rings. The van der Waals surface area contributed by atoms with Gasteiger partial charge in [0.05, 0.1) is 19.2 Å². The number of benzene rings is 3. The Kier molecular flexibility index (Phi) is 7.08. The highest BCUT2D eigenvalue weighted by atomic mass is 16.5. The average Bonchev–Trinajstić information content (AvgIpc) is 2.82. The molecule has 6 heteroatoms. The van der Waals surface area contributed by atoms with Crippen molar-refractivity contribution in [3.8, 4) is 11.5 Å². The number of hydrogen-bond acceptors (Lipinski definition) is 5. The zero-order valence-corrected chi connectivity index (χ0v) is 20.0. The lowest BCUT2D eigenvalue weighted by molar-refractivity contribution is -0.123. The molecule has 0 aromatic heterocycles. The lowest BCUT2D eigenvalue weighted by Crippen LogP contribution is -2.44. The number of aromatic hydroxyl groups is 1. The van der Waals surface area contributed by atoms with Gasteiger partial charge in [-0.25, -0.2) is 0 Å². The predicted molar refractivity (Wildman–Crippen MR) is 135 cm³/mol. The Morgan fingerprint density at radius 1 is 1.18 bits per heavy atom. The van der Waals surface area contributed by atoms with Crippen LogP contribution in [-0.2, 0) is 17.6 Å². The van der Waals surface area contributed by atoms with Crippen LogP contribution in [0.25, 0.3) is 0 Å². The first-order valence-corrected chi connectivity index (χ1v) is 11.7. The Morgan fingerprint density at radius 2 is 1.91 bits per heavy atom. The molecule has 1 heterocycles. The molecule has 34 heavy (non-hydrogen) atoms. The summed E-state index contributed by atoms with van der Waals surface area (Å²) in [6.07, 6.45) is 1.97. The van der Waals surface area contributed by atoms with Gasteiger partial charge in [0.1, 0.15) is 11.5 Å². The molecular weight excluding hydrogens is 426 g/mol. The molecule has 0 fully saturated rings. The Morgan fingerprint density at radius 3 is 2.65 bits per heavy atom. The number of phenols is 1. The number of ether oxygens (including phenoxy) is 1. The number of amides is 1. The van der Waals surface area contributed by atoms with Gasteiger partial charge in [0.15, 0.2) is 0 Å². The smallest absolute Gasteiger partial charge is 0.237 e. The number of carbonyl (C=O) groups excluding carboxylic acids is 1. The van der Waals surface area contributed by atoms with Crippen LogP contribution in [0.5, 0.6) is 11.5 Å². The number of phenolic OH excluding ortho intramolecular Hbond substituents is 1. The molecule has 4 rings (SSSR count). The number of fused-ring (bicyclic) bond motifs is 1. The molecule has 0 bridgehead atoms. The summed E-state index contributed by atoms with van der Waals surface area (Å²) in [5, 5.41) is 16.4. The second kappa shape index (κ2) is 10.2. The average molecular weight is 460 g/mol. The standard InChI is InChI=1S/C28H33N3O3/c1-17-12-21(32)13-18(2)22(17)16-24(29)28(33)31-26-10-11-30-25-9-8-19(15-23(25)26)14-20-6-4-5-7-27(20)34-3/h4-9,12-13,15,24,26,30,32H,10-11,14,16,29H2,1-3H3,(H,31,33)/t24-,26+/m0/s1. The van der Waals surface area contributed by atoms with Gasteiger partial charge in [-0.3, -0.25) is 4.79 Å². The molecule has 0 unspecified atom stereocenters.